The number of likely N-dealkylation sites (tertiary alicyclic amines) is 1. The summed E-state index contributed by atoms with van der Waals surface area (Å²) in [6, 6.07) is 16.6. The minimum absolute atomic E-state index is 0.0723. The van der Waals surface area contributed by atoms with E-state index in [2.05, 4.69) is 9.97 Å². The van der Waals surface area contributed by atoms with Crippen LogP contribution >= 0.6 is 0 Å². The summed E-state index contributed by atoms with van der Waals surface area (Å²) >= 11 is 0. The molecule has 1 saturated heterocycles. The van der Waals surface area contributed by atoms with Crippen molar-refractivity contribution in [3.63, 3.8) is 0 Å². The Labute approximate surface area is 181 Å². The Hall–Kier alpha value is -3.74. The molecule has 0 radical (unpaired) electrons. The smallest absolute Gasteiger partial charge is 0.248 e. The molecule has 7 heteroatoms. The number of nitrogens with zero attached hydrogens (tertiary/aromatic N) is 3. The zero-order chi connectivity index (χ0) is 21.8. The standard InChI is InChI=1S/C24H25N5O2/c25-23(31)18-11-9-17(10-12-18)19-15-27-24(26)28-22(19)20-8-4-5-13-29(20)21(30)14-16-6-2-1-3-7-16/h1-3,6-7,9-12,15,20H,4-5,8,13-14H2,(H2,25,31)(H2,26,27,28)/t20-/m0/s1. The van der Waals surface area contributed by atoms with Crippen LogP contribution in [0.1, 0.15) is 46.9 Å². The van der Waals surface area contributed by atoms with Crippen molar-refractivity contribution < 1.29 is 9.59 Å². The molecule has 2 heterocycles. The maximum atomic E-state index is 13.2. The Bertz CT molecular complexity index is 1080. The minimum Gasteiger partial charge on any atom is -0.368 e. The average molecular weight is 415 g/mol. The van der Waals surface area contributed by atoms with Crippen LogP contribution in [0.15, 0.2) is 60.8 Å². The maximum absolute atomic E-state index is 13.2. The Morgan fingerprint density at radius 2 is 1.77 bits per heavy atom. The number of hydrogen-bond donors (Lipinski definition) is 2. The van der Waals surface area contributed by atoms with Gasteiger partial charge in [0, 0.05) is 23.9 Å². The highest BCUT2D eigenvalue weighted by atomic mass is 16.2. The second kappa shape index (κ2) is 8.95. The molecule has 4 rings (SSSR count). The first-order valence-electron chi connectivity index (χ1n) is 10.4. The average Bonchev–Trinajstić information content (AvgIpc) is 2.80. The number of piperidine rings is 1. The molecule has 3 aromatic rings. The van der Waals surface area contributed by atoms with Gasteiger partial charge in [-0.1, -0.05) is 42.5 Å². The zero-order valence-electron chi connectivity index (χ0n) is 17.2. The van der Waals surface area contributed by atoms with E-state index in [1.807, 2.05) is 47.4 Å². The fourth-order valence-electron chi connectivity index (χ4n) is 4.09. The number of rotatable bonds is 5. The summed E-state index contributed by atoms with van der Waals surface area (Å²) in [4.78, 5) is 35.3. The number of primary amides is 1. The lowest BCUT2D eigenvalue weighted by Gasteiger charge is -2.36. The number of amides is 2. The zero-order valence-corrected chi connectivity index (χ0v) is 17.2. The van der Waals surface area contributed by atoms with Gasteiger partial charge >= 0.3 is 0 Å². The largest absolute Gasteiger partial charge is 0.368 e. The molecule has 1 aliphatic heterocycles. The number of carbonyl (C=O) groups is 2. The van der Waals surface area contributed by atoms with Gasteiger partial charge in [0.15, 0.2) is 0 Å². The second-order valence-electron chi connectivity index (χ2n) is 7.73. The second-order valence-corrected chi connectivity index (χ2v) is 7.73. The molecule has 1 aromatic heterocycles. The van der Waals surface area contributed by atoms with Gasteiger partial charge in [-0.15, -0.1) is 0 Å². The molecule has 0 aliphatic carbocycles. The molecule has 4 N–H and O–H groups in total. The molecule has 0 saturated carbocycles. The van der Waals surface area contributed by atoms with Gasteiger partial charge in [0.25, 0.3) is 0 Å². The quantitative estimate of drug-likeness (QED) is 0.664. The SMILES string of the molecule is NC(=O)c1ccc(-c2cnc(N)nc2[C@@H]2CCCCN2C(=O)Cc2ccccc2)cc1. The molecule has 2 amide bonds. The molecular formula is C24H25N5O2. The molecular weight excluding hydrogens is 390 g/mol. The summed E-state index contributed by atoms with van der Waals surface area (Å²) in [5.41, 5.74) is 15.1. The van der Waals surface area contributed by atoms with Gasteiger partial charge in [-0.2, -0.15) is 0 Å². The third-order valence-corrected chi connectivity index (χ3v) is 5.65. The van der Waals surface area contributed by atoms with Gasteiger partial charge in [-0.25, -0.2) is 9.97 Å². The minimum atomic E-state index is -0.481. The van der Waals surface area contributed by atoms with E-state index in [4.69, 9.17) is 11.5 Å². The topological polar surface area (TPSA) is 115 Å². The van der Waals surface area contributed by atoms with Crippen molar-refractivity contribution in [2.75, 3.05) is 12.3 Å². The highest BCUT2D eigenvalue weighted by Gasteiger charge is 2.31. The predicted molar refractivity (Wildman–Crippen MR) is 119 cm³/mol. The van der Waals surface area contributed by atoms with Crippen LogP contribution in [-0.4, -0.2) is 33.2 Å². The third-order valence-electron chi connectivity index (χ3n) is 5.65. The van der Waals surface area contributed by atoms with Crippen LogP contribution < -0.4 is 11.5 Å². The number of nitrogens with two attached hydrogens (primary N) is 2. The summed E-state index contributed by atoms with van der Waals surface area (Å²) in [6.45, 7) is 0.681. The summed E-state index contributed by atoms with van der Waals surface area (Å²) in [6.07, 6.45) is 4.80. The summed E-state index contributed by atoms with van der Waals surface area (Å²) < 4.78 is 0. The van der Waals surface area contributed by atoms with Crippen LogP contribution in [0.2, 0.25) is 0 Å². The highest BCUT2D eigenvalue weighted by Crippen LogP contribution is 2.36. The number of hydrogen-bond acceptors (Lipinski definition) is 5. The first-order valence-corrected chi connectivity index (χ1v) is 10.4. The van der Waals surface area contributed by atoms with E-state index in [-0.39, 0.29) is 17.9 Å². The van der Waals surface area contributed by atoms with Gasteiger partial charge in [0.2, 0.25) is 17.8 Å². The first kappa shape index (κ1) is 20.5. The van der Waals surface area contributed by atoms with Crippen LogP contribution in [0.4, 0.5) is 5.95 Å². The molecule has 1 fully saturated rings. The Morgan fingerprint density at radius 1 is 1.03 bits per heavy atom. The van der Waals surface area contributed by atoms with Gasteiger partial charge in [0.05, 0.1) is 18.2 Å². The normalized spacial score (nSPS) is 16.1. The van der Waals surface area contributed by atoms with E-state index in [0.717, 1.165) is 41.6 Å². The molecule has 1 aliphatic rings. The lowest BCUT2D eigenvalue weighted by Crippen LogP contribution is -2.40. The van der Waals surface area contributed by atoms with Crippen molar-refractivity contribution in [2.24, 2.45) is 5.73 Å². The number of anilines is 1. The van der Waals surface area contributed by atoms with Crippen molar-refractivity contribution in [1.82, 2.24) is 14.9 Å². The van der Waals surface area contributed by atoms with Crippen molar-refractivity contribution in [3.05, 3.63) is 77.6 Å². The summed E-state index contributed by atoms with van der Waals surface area (Å²) in [5, 5.41) is 0. The van der Waals surface area contributed by atoms with Crippen LogP contribution in [0.3, 0.4) is 0 Å². The summed E-state index contributed by atoms with van der Waals surface area (Å²) in [7, 11) is 0. The molecule has 1 atom stereocenters. The van der Waals surface area contributed by atoms with Gasteiger partial charge in [-0.05, 0) is 42.5 Å². The number of carbonyl (C=O) groups excluding carboxylic acids is 2. The number of benzene rings is 2. The van der Waals surface area contributed by atoms with Crippen LogP contribution in [0.5, 0.6) is 0 Å². The molecule has 31 heavy (non-hydrogen) atoms. The van der Waals surface area contributed by atoms with Crippen LogP contribution in [0.25, 0.3) is 11.1 Å². The Kier molecular flexibility index (Phi) is 5.93. The first-order chi connectivity index (χ1) is 15.0. The third kappa shape index (κ3) is 4.55. The molecule has 0 spiro atoms. The lowest BCUT2D eigenvalue weighted by molar-refractivity contribution is -0.134. The monoisotopic (exact) mass is 415 g/mol. The molecule has 7 nitrogen and oxygen atoms in total. The molecule has 0 unspecified atom stereocenters. The number of aromatic nitrogens is 2. The van der Waals surface area contributed by atoms with E-state index in [0.29, 0.717) is 18.5 Å². The fourth-order valence-corrected chi connectivity index (χ4v) is 4.09. The van der Waals surface area contributed by atoms with E-state index in [9.17, 15) is 9.59 Å². The van der Waals surface area contributed by atoms with Crippen molar-refractivity contribution in [1.29, 1.82) is 0 Å². The summed E-state index contributed by atoms with van der Waals surface area (Å²) in [5.74, 6) is -0.234. The van der Waals surface area contributed by atoms with Crippen molar-refractivity contribution in [3.8, 4) is 11.1 Å². The van der Waals surface area contributed by atoms with Gasteiger partial charge in [-0.3, -0.25) is 9.59 Å². The van der Waals surface area contributed by atoms with E-state index < -0.39 is 5.91 Å². The molecule has 0 bridgehead atoms. The Balaban J connectivity index is 1.68. The van der Waals surface area contributed by atoms with Crippen molar-refractivity contribution in [2.45, 2.75) is 31.7 Å². The van der Waals surface area contributed by atoms with Gasteiger partial charge in [0.1, 0.15) is 0 Å². The van der Waals surface area contributed by atoms with E-state index in [1.165, 1.54) is 0 Å². The number of nitrogen functional groups attached to an aromatic ring is 1. The predicted octanol–water partition coefficient (Wildman–Crippen LogP) is 3.12. The highest BCUT2D eigenvalue weighted by molar-refractivity contribution is 5.93. The van der Waals surface area contributed by atoms with Crippen LogP contribution in [-0.2, 0) is 11.2 Å². The molecule has 2 aromatic carbocycles. The van der Waals surface area contributed by atoms with Crippen molar-refractivity contribution >= 4 is 17.8 Å². The van der Waals surface area contributed by atoms with Crippen LogP contribution in [0, 0.1) is 0 Å². The van der Waals surface area contributed by atoms with Gasteiger partial charge < -0.3 is 16.4 Å². The van der Waals surface area contributed by atoms with E-state index in [1.54, 1.807) is 18.3 Å². The molecule has 158 valence electrons. The lowest BCUT2D eigenvalue weighted by atomic mass is 9.93. The fraction of sp³-hybridized carbons (Fsp3) is 0.250. The Morgan fingerprint density at radius 3 is 2.48 bits per heavy atom. The van der Waals surface area contributed by atoms with E-state index >= 15 is 0 Å². The maximum Gasteiger partial charge on any atom is 0.248 e.